The summed E-state index contributed by atoms with van der Waals surface area (Å²) in [7, 11) is 3.37. The molecule has 5 heteroatoms. The summed E-state index contributed by atoms with van der Waals surface area (Å²) in [6, 6.07) is 10.5. The van der Waals surface area contributed by atoms with Gasteiger partial charge in [-0.2, -0.15) is 0 Å². The molecular formula is C19H28N3O2+3. The molecule has 0 radical (unpaired) electrons. The van der Waals surface area contributed by atoms with E-state index in [1.807, 2.05) is 12.3 Å². The third kappa shape index (κ3) is 4.24. The maximum atomic E-state index is 5.41. The predicted octanol–water partition coefficient (Wildman–Crippen LogP) is -0.998. The van der Waals surface area contributed by atoms with Gasteiger partial charge in [0.15, 0.2) is 23.9 Å². The van der Waals surface area contributed by atoms with Gasteiger partial charge in [0.25, 0.3) is 0 Å². The number of methoxy groups -OCH3 is 2. The van der Waals surface area contributed by atoms with Gasteiger partial charge in [-0.25, -0.2) is 4.98 Å². The molecule has 24 heavy (non-hydrogen) atoms. The Kier molecular flexibility index (Phi) is 5.67. The fourth-order valence-corrected chi connectivity index (χ4v) is 3.42. The second-order valence-corrected chi connectivity index (χ2v) is 6.45. The van der Waals surface area contributed by atoms with Crippen molar-refractivity contribution in [2.24, 2.45) is 0 Å². The van der Waals surface area contributed by atoms with Crippen molar-refractivity contribution in [3.05, 3.63) is 53.9 Å². The second-order valence-electron chi connectivity index (χ2n) is 6.45. The molecular weight excluding hydrogens is 302 g/mol. The summed E-state index contributed by atoms with van der Waals surface area (Å²) in [6.07, 6.45) is 4.07. The minimum Gasteiger partial charge on any atom is -0.493 e. The predicted molar refractivity (Wildman–Crippen MR) is 91.3 cm³/mol. The van der Waals surface area contributed by atoms with Gasteiger partial charge in [0.1, 0.15) is 39.3 Å². The van der Waals surface area contributed by atoms with Gasteiger partial charge in [-0.3, -0.25) is 0 Å². The third-order valence-electron chi connectivity index (χ3n) is 4.79. The zero-order valence-corrected chi connectivity index (χ0v) is 14.6. The van der Waals surface area contributed by atoms with Crippen LogP contribution in [0.4, 0.5) is 0 Å². The lowest BCUT2D eigenvalue weighted by Gasteiger charge is -2.29. The molecule has 2 heterocycles. The zero-order valence-electron chi connectivity index (χ0n) is 14.6. The van der Waals surface area contributed by atoms with Crippen molar-refractivity contribution in [3.8, 4) is 11.5 Å². The Morgan fingerprint density at radius 3 is 2.12 bits per heavy atom. The molecule has 5 nitrogen and oxygen atoms in total. The van der Waals surface area contributed by atoms with Crippen molar-refractivity contribution in [1.29, 1.82) is 0 Å². The van der Waals surface area contributed by atoms with E-state index in [1.54, 1.807) is 24.0 Å². The summed E-state index contributed by atoms with van der Waals surface area (Å²) in [5.41, 5.74) is 2.69. The van der Waals surface area contributed by atoms with Crippen LogP contribution in [0.25, 0.3) is 0 Å². The van der Waals surface area contributed by atoms with Crippen LogP contribution in [0.5, 0.6) is 11.5 Å². The standard InChI is InChI=1S/C19H25N3O2/c1-23-18-6-5-16(12-19(18)24-2)14-21-8-10-22(11-9-21)15-17-4-3-7-20-13-17/h3-7,12-13H,8-11,14-15H2,1-2H3/p+3. The van der Waals surface area contributed by atoms with Crippen LogP contribution in [0.2, 0.25) is 0 Å². The number of aromatic nitrogens is 1. The molecule has 0 unspecified atom stereocenters. The van der Waals surface area contributed by atoms with Gasteiger partial charge in [0.05, 0.1) is 19.8 Å². The molecule has 1 aromatic carbocycles. The number of quaternary nitrogens is 2. The molecule has 0 atom stereocenters. The lowest BCUT2D eigenvalue weighted by atomic mass is 10.1. The molecule has 0 aliphatic carbocycles. The number of ether oxygens (including phenoxy) is 2. The van der Waals surface area contributed by atoms with Crippen molar-refractivity contribution >= 4 is 0 Å². The van der Waals surface area contributed by atoms with E-state index >= 15 is 0 Å². The van der Waals surface area contributed by atoms with Gasteiger partial charge in [-0.1, -0.05) is 0 Å². The minimum absolute atomic E-state index is 0.796. The Labute approximate surface area is 143 Å². The zero-order chi connectivity index (χ0) is 16.8. The molecule has 3 N–H and O–H groups in total. The van der Waals surface area contributed by atoms with Crippen LogP contribution in [0, 0.1) is 0 Å². The number of pyridine rings is 1. The van der Waals surface area contributed by atoms with E-state index < -0.39 is 0 Å². The molecule has 0 saturated carbocycles. The summed E-state index contributed by atoms with van der Waals surface area (Å²) in [4.78, 5) is 6.49. The molecule has 128 valence electrons. The molecule has 1 aromatic heterocycles. The minimum atomic E-state index is 0.796. The number of hydrogen-bond acceptors (Lipinski definition) is 2. The van der Waals surface area contributed by atoms with Crippen LogP contribution in [-0.4, -0.2) is 40.4 Å². The van der Waals surface area contributed by atoms with Gasteiger partial charge in [0.2, 0.25) is 0 Å². The fraction of sp³-hybridized carbons (Fsp3) is 0.421. The summed E-state index contributed by atoms with van der Waals surface area (Å²) >= 11 is 0. The molecule has 1 fully saturated rings. The Morgan fingerprint density at radius 1 is 0.875 bits per heavy atom. The highest BCUT2D eigenvalue weighted by Crippen LogP contribution is 2.27. The number of rotatable bonds is 6. The Hall–Kier alpha value is -2.11. The van der Waals surface area contributed by atoms with Gasteiger partial charge >= 0.3 is 0 Å². The number of piperazine rings is 1. The number of hydrogen-bond donors (Lipinski definition) is 2. The molecule has 1 saturated heterocycles. The highest BCUT2D eigenvalue weighted by molar-refractivity contribution is 5.42. The smallest absolute Gasteiger partial charge is 0.175 e. The summed E-state index contributed by atoms with van der Waals surface area (Å²) in [5.74, 6) is 1.61. The van der Waals surface area contributed by atoms with Crippen molar-refractivity contribution < 1.29 is 24.3 Å². The third-order valence-corrected chi connectivity index (χ3v) is 4.79. The van der Waals surface area contributed by atoms with Crippen molar-refractivity contribution in [2.75, 3.05) is 40.4 Å². The molecule has 3 rings (SSSR count). The van der Waals surface area contributed by atoms with E-state index in [9.17, 15) is 0 Å². The lowest BCUT2D eigenvalue weighted by molar-refractivity contribution is -1.02. The first-order valence-electron chi connectivity index (χ1n) is 8.61. The highest BCUT2D eigenvalue weighted by Gasteiger charge is 2.23. The number of nitrogens with one attached hydrogen (secondary N) is 3. The highest BCUT2D eigenvalue weighted by atomic mass is 16.5. The van der Waals surface area contributed by atoms with Crippen molar-refractivity contribution in [3.63, 3.8) is 0 Å². The van der Waals surface area contributed by atoms with Crippen molar-refractivity contribution in [2.45, 2.75) is 13.1 Å². The maximum absolute atomic E-state index is 5.41. The van der Waals surface area contributed by atoms with Crippen LogP contribution in [0.3, 0.4) is 0 Å². The quantitative estimate of drug-likeness (QED) is 0.714. The van der Waals surface area contributed by atoms with E-state index in [4.69, 9.17) is 9.47 Å². The van der Waals surface area contributed by atoms with Gasteiger partial charge in [-0.15, -0.1) is 0 Å². The van der Waals surface area contributed by atoms with E-state index in [0.717, 1.165) is 24.6 Å². The molecule has 1 aliphatic heterocycles. The molecule has 2 aromatic rings. The summed E-state index contributed by atoms with van der Waals surface area (Å²) in [6.45, 7) is 7.02. The van der Waals surface area contributed by atoms with E-state index in [-0.39, 0.29) is 0 Å². The average Bonchev–Trinajstić information content (AvgIpc) is 2.64. The Balaban J connectivity index is 1.52. The van der Waals surface area contributed by atoms with Gasteiger partial charge in [0, 0.05) is 11.6 Å². The van der Waals surface area contributed by atoms with Gasteiger partial charge in [-0.05, 0) is 24.3 Å². The van der Waals surface area contributed by atoms with E-state index in [0.29, 0.717) is 0 Å². The molecule has 0 bridgehead atoms. The van der Waals surface area contributed by atoms with E-state index in [1.165, 1.54) is 37.3 Å². The fourth-order valence-electron chi connectivity index (χ4n) is 3.42. The average molecular weight is 330 g/mol. The van der Waals surface area contributed by atoms with Crippen LogP contribution < -0.4 is 24.3 Å². The van der Waals surface area contributed by atoms with Gasteiger partial charge < -0.3 is 19.3 Å². The number of aromatic amines is 1. The van der Waals surface area contributed by atoms with Crippen LogP contribution in [-0.2, 0) is 13.1 Å². The van der Waals surface area contributed by atoms with Crippen molar-refractivity contribution in [1.82, 2.24) is 0 Å². The Morgan fingerprint density at radius 2 is 1.54 bits per heavy atom. The first kappa shape index (κ1) is 16.7. The van der Waals surface area contributed by atoms with Crippen LogP contribution in [0.1, 0.15) is 11.1 Å². The number of benzene rings is 1. The second kappa shape index (κ2) is 8.13. The first-order chi connectivity index (χ1) is 11.8. The largest absolute Gasteiger partial charge is 0.493 e. The summed E-state index contributed by atoms with van der Waals surface area (Å²) in [5, 5.41) is 0. The molecule has 0 amide bonds. The van der Waals surface area contributed by atoms with E-state index in [2.05, 4.69) is 35.4 Å². The normalized spacial score (nSPS) is 20.6. The SMILES string of the molecule is COc1ccc(C[NH+]2CC[NH+](Cc3ccc[nH+]c3)CC2)cc1OC. The maximum Gasteiger partial charge on any atom is 0.175 e. The number of H-pyrrole nitrogens is 1. The Bertz CT molecular complexity index is 640. The first-order valence-corrected chi connectivity index (χ1v) is 8.61. The monoisotopic (exact) mass is 330 g/mol. The topological polar surface area (TPSA) is 41.5 Å². The molecule has 0 spiro atoms. The van der Waals surface area contributed by atoms with Crippen LogP contribution >= 0.6 is 0 Å². The summed E-state index contributed by atoms with van der Waals surface area (Å²) < 4.78 is 10.7. The van der Waals surface area contributed by atoms with Crippen LogP contribution in [0.15, 0.2) is 42.7 Å². The molecule has 1 aliphatic rings. The lowest BCUT2D eigenvalue weighted by Crippen LogP contribution is -3.27.